The molecule has 0 aliphatic carbocycles. The molecule has 0 bridgehead atoms. The normalized spacial score (nSPS) is 14.8. The quantitative estimate of drug-likeness (QED) is 0.213. The van der Waals surface area contributed by atoms with Gasteiger partial charge in [-0.1, -0.05) is 47.7 Å². The molecule has 1 atom stereocenters. The van der Waals surface area contributed by atoms with E-state index in [1.54, 1.807) is 11.7 Å². The Morgan fingerprint density at radius 2 is 1.73 bits per heavy atom. The van der Waals surface area contributed by atoms with Crippen molar-refractivity contribution in [3.05, 3.63) is 141 Å². The minimum atomic E-state index is -0.662. The zero-order chi connectivity index (χ0) is 31.1. The average Bonchev–Trinajstić information content (AvgIpc) is 3.47. The Morgan fingerprint density at radius 1 is 1.00 bits per heavy atom. The number of allylic oxidation sites excluding steroid dienone is 1. The van der Waals surface area contributed by atoms with Crippen LogP contribution < -0.4 is 24.9 Å². The van der Waals surface area contributed by atoms with E-state index in [-0.39, 0.29) is 11.5 Å². The highest BCUT2D eigenvalue weighted by molar-refractivity contribution is 14.1. The molecule has 6 rings (SSSR count). The SMILES string of the molecule is COc1ccc([C@@H]2C(C(=O)Nc3ccccc3)=C(C)N=c3s/c(=C/c4cc(C)n(-c5ccc(C)c(I)c5)c4C)c(=O)n32)cc1. The lowest BCUT2D eigenvalue weighted by atomic mass is 9.95. The van der Waals surface area contributed by atoms with Crippen molar-refractivity contribution in [2.24, 2.45) is 4.99 Å². The van der Waals surface area contributed by atoms with Gasteiger partial charge >= 0.3 is 0 Å². The van der Waals surface area contributed by atoms with E-state index in [4.69, 9.17) is 9.73 Å². The Hall–Kier alpha value is -4.22. The Balaban J connectivity index is 1.49. The second kappa shape index (κ2) is 12.0. The molecule has 0 radical (unpaired) electrons. The number of para-hydroxylation sites is 1. The maximum absolute atomic E-state index is 14.2. The van der Waals surface area contributed by atoms with E-state index in [0.717, 1.165) is 28.2 Å². The molecule has 3 heterocycles. The fourth-order valence-electron chi connectivity index (χ4n) is 5.63. The number of ether oxygens (including phenoxy) is 1. The minimum Gasteiger partial charge on any atom is -0.497 e. The van der Waals surface area contributed by atoms with Crippen molar-refractivity contribution >= 4 is 51.6 Å². The van der Waals surface area contributed by atoms with Gasteiger partial charge in [0.2, 0.25) is 0 Å². The van der Waals surface area contributed by atoms with E-state index in [2.05, 4.69) is 77.5 Å². The van der Waals surface area contributed by atoms with Crippen molar-refractivity contribution in [3.8, 4) is 11.4 Å². The molecular weight excluding hydrogens is 683 g/mol. The number of hydrogen-bond acceptors (Lipinski definition) is 5. The number of hydrogen-bond donors (Lipinski definition) is 1. The maximum atomic E-state index is 14.2. The minimum absolute atomic E-state index is 0.193. The van der Waals surface area contributed by atoms with Crippen molar-refractivity contribution in [1.82, 2.24) is 9.13 Å². The molecule has 1 amide bonds. The van der Waals surface area contributed by atoms with Crippen LogP contribution in [0.1, 0.15) is 41.0 Å². The van der Waals surface area contributed by atoms with E-state index in [1.165, 1.54) is 20.5 Å². The predicted octanol–water partition coefficient (Wildman–Crippen LogP) is 6.20. The molecule has 222 valence electrons. The summed E-state index contributed by atoms with van der Waals surface area (Å²) in [6.45, 7) is 8.07. The number of anilines is 1. The van der Waals surface area contributed by atoms with Gasteiger partial charge in [0.1, 0.15) is 5.75 Å². The lowest BCUT2D eigenvalue weighted by molar-refractivity contribution is -0.113. The summed E-state index contributed by atoms with van der Waals surface area (Å²) < 4.78 is 11.0. The lowest BCUT2D eigenvalue weighted by Gasteiger charge is -2.25. The molecule has 2 aromatic heterocycles. The first-order chi connectivity index (χ1) is 21.2. The van der Waals surface area contributed by atoms with Crippen LogP contribution in [0.15, 0.2) is 99.9 Å². The molecule has 7 nitrogen and oxygen atoms in total. The number of nitrogens with one attached hydrogen (secondary N) is 1. The second-order valence-electron chi connectivity index (χ2n) is 10.8. The first-order valence-corrected chi connectivity index (χ1v) is 16.0. The van der Waals surface area contributed by atoms with Gasteiger partial charge in [0, 0.05) is 26.3 Å². The van der Waals surface area contributed by atoms with Crippen molar-refractivity contribution < 1.29 is 9.53 Å². The molecular formula is C35H31IN4O3S. The van der Waals surface area contributed by atoms with E-state index in [9.17, 15) is 9.59 Å². The number of fused-ring (bicyclic) bond motifs is 1. The largest absolute Gasteiger partial charge is 0.497 e. The van der Waals surface area contributed by atoms with Gasteiger partial charge in [-0.15, -0.1) is 0 Å². The molecule has 9 heteroatoms. The van der Waals surface area contributed by atoms with E-state index in [0.29, 0.717) is 32.0 Å². The number of carbonyl (C=O) groups is 1. The van der Waals surface area contributed by atoms with Crippen molar-refractivity contribution in [2.75, 3.05) is 12.4 Å². The number of rotatable bonds is 6. The number of nitrogens with zero attached hydrogens (tertiary/aromatic N) is 3. The second-order valence-corrected chi connectivity index (χ2v) is 12.9. The third kappa shape index (κ3) is 5.46. The number of methoxy groups -OCH3 is 1. The summed E-state index contributed by atoms with van der Waals surface area (Å²) in [5, 5.41) is 3.00. The first kappa shape index (κ1) is 29.8. The summed E-state index contributed by atoms with van der Waals surface area (Å²) in [4.78, 5) is 33.3. The third-order valence-electron chi connectivity index (χ3n) is 7.90. The molecule has 0 fully saturated rings. The van der Waals surface area contributed by atoms with Crippen LogP contribution in [0.5, 0.6) is 5.75 Å². The van der Waals surface area contributed by atoms with Gasteiger partial charge in [-0.05, 0) is 116 Å². The molecule has 0 unspecified atom stereocenters. The standard InChI is InChI=1S/C35H31IN4O3S/c1-20-11-14-27(19-29(20)36)39-21(2)17-25(23(39)4)18-30-34(42)40-32(24-12-15-28(43-5)16-13-24)31(22(3)37-35(40)44-30)33(41)38-26-9-7-6-8-10-26/h6-19,32H,1-5H3,(H,38,41)/b30-18+/t32-/m1/s1. The molecule has 0 spiro atoms. The van der Waals surface area contributed by atoms with Crippen LogP contribution in [0.4, 0.5) is 5.69 Å². The van der Waals surface area contributed by atoms with Crippen LogP contribution in [0.25, 0.3) is 11.8 Å². The highest BCUT2D eigenvalue weighted by Gasteiger charge is 2.32. The third-order valence-corrected chi connectivity index (χ3v) is 10.0. The molecule has 1 N–H and O–H groups in total. The van der Waals surface area contributed by atoms with Gasteiger partial charge in [0.25, 0.3) is 11.5 Å². The van der Waals surface area contributed by atoms with E-state index < -0.39 is 6.04 Å². The summed E-state index contributed by atoms with van der Waals surface area (Å²) in [5.74, 6) is 0.389. The summed E-state index contributed by atoms with van der Waals surface area (Å²) in [6.07, 6.45) is 1.94. The van der Waals surface area contributed by atoms with Crippen molar-refractivity contribution in [2.45, 2.75) is 33.7 Å². The number of aromatic nitrogens is 2. The van der Waals surface area contributed by atoms with Crippen LogP contribution >= 0.6 is 33.9 Å². The fourth-order valence-corrected chi connectivity index (χ4v) is 7.16. The van der Waals surface area contributed by atoms with Gasteiger partial charge in [-0.2, -0.15) is 0 Å². The zero-order valence-corrected chi connectivity index (χ0v) is 28.0. The Morgan fingerprint density at radius 3 is 2.41 bits per heavy atom. The number of amides is 1. The fraction of sp³-hybridized carbons (Fsp3) is 0.171. The van der Waals surface area contributed by atoms with Crippen LogP contribution in [-0.4, -0.2) is 22.2 Å². The van der Waals surface area contributed by atoms with Gasteiger partial charge in [0.05, 0.1) is 29.0 Å². The highest BCUT2D eigenvalue weighted by Crippen LogP contribution is 2.32. The molecule has 0 saturated heterocycles. The monoisotopic (exact) mass is 714 g/mol. The van der Waals surface area contributed by atoms with E-state index in [1.807, 2.05) is 67.6 Å². The maximum Gasteiger partial charge on any atom is 0.271 e. The molecule has 3 aromatic carbocycles. The summed E-state index contributed by atoms with van der Waals surface area (Å²) in [6, 6.07) is 24.6. The first-order valence-electron chi connectivity index (χ1n) is 14.1. The molecule has 5 aromatic rings. The molecule has 0 saturated carbocycles. The lowest BCUT2D eigenvalue weighted by Crippen LogP contribution is -2.40. The van der Waals surface area contributed by atoms with Gasteiger partial charge in [-0.25, -0.2) is 4.99 Å². The Kier molecular flexibility index (Phi) is 8.17. The Labute approximate surface area is 273 Å². The summed E-state index contributed by atoms with van der Waals surface area (Å²) in [5.41, 5.74) is 7.65. The van der Waals surface area contributed by atoms with Crippen LogP contribution in [0.2, 0.25) is 0 Å². The topological polar surface area (TPSA) is 77.6 Å². The Bertz CT molecular complexity index is 2120. The number of aryl methyl sites for hydroxylation is 2. The molecule has 44 heavy (non-hydrogen) atoms. The number of carbonyl (C=O) groups excluding carboxylic acids is 1. The van der Waals surface area contributed by atoms with Crippen LogP contribution in [-0.2, 0) is 4.79 Å². The van der Waals surface area contributed by atoms with Crippen molar-refractivity contribution in [1.29, 1.82) is 0 Å². The average molecular weight is 715 g/mol. The summed E-state index contributed by atoms with van der Waals surface area (Å²) >= 11 is 3.70. The van der Waals surface area contributed by atoms with Gasteiger partial charge < -0.3 is 14.6 Å². The van der Waals surface area contributed by atoms with E-state index >= 15 is 0 Å². The number of benzene rings is 3. The van der Waals surface area contributed by atoms with Gasteiger partial charge in [-0.3, -0.25) is 14.2 Å². The van der Waals surface area contributed by atoms with Crippen LogP contribution in [0, 0.1) is 24.3 Å². The molecule has 1 aliphatic rings. The van der Waals surface area contributed by atoms with Crippen molar-refractivity contribution in [3.63, 3.8) is 0 Å². The molecule has 1 aliphatic heterocycles. The zero-order valence-electron chi connectivity index (χ0n) is 25.0. The van der Waals surface area contributed by atoms with Crippen LogP contribution in [0.3, 0.4) is 0 Å². The smallest absolute Gasteiger partial charge is 0.271 e. The number of halogens is 1. The highest BCUT2D eigenvalue weighted by atomic mass is 127. The number of thiazole rings is 1. The predicted molar refractivity (Wildman–Crippen MR) is 185 cm³/mol. The summed E-state index contributed by atoms with van der Waals surface area (Å²) in [7, 11) is 1.61. The van der Waals surface area contributed by atoms with Gasteiger partial charge in [0.15, 0.2) is 4.80 Å².